The average Bonchev–Trinajstić information content (AvgIpc) is 3.32. The van der Waals surface area contributed by atoms with E-state index in [0.29, 0.717) is 24.3 Å². The lowest BCUT2D eigenvalue weighted by Gasteiger charge is -2.36. The van der Waals surface area contributed by atoms with Crippen LogP contribution in [-0.4, -0.2) is 57.7 Å². The summed E-state index contributed by atoms with van der Waals surface area (Å²) in [4.78, 5) is 17.5. The molecule has 2 atom stereocenters. The molecule has 23 heavy (non-hydrogen) atoms. The first-order valence-electron chi connectivity index (χ1n) is 9.17. The topological polar surface area (TPSA) is 41.4 Å². The fourth-order valence-electron chi connectivity index (χ4n) is 4.28. The van der Waals surface area contributed by atoms with Crippen molar-refractivity contribution in [2.75, 3.05) is 26.2 Å². The highest BCUT2D eigenvalue weighted by molar-refractivity contribution is 5.76. The lowest BCUT2D eigenvalue weighted by atomic mass is 9.95. The van der Waals surface area contributed by atoms with Gasteiger partial charge in [0.1, 0.15) is 0 Å². The molecule has 5 rings (SSSR count). The fourth-order valence-corrected chi connectivity index (χ4v) is 4.28. The smallest absolute Gasteiger partial charge is 0.223 e. The van der Waals surface area contributed by atoms with E-state index in [4.69, 9.17) is 0 Å². The number of piperidine rings is 1. The summed E-state index contributed by atoms with van der Waals surface area (Å²) in [5, 5.41) is 4.18. The van der Waals surface area contributed by atoms with Gasteiger partial charge in [0.2, 0.25) is 5.91 Å². The van der Waals surface area contributed by atoms with E-state index in [9.17, 15) is 4.79 Å². The molecule has 126 valence electrons. The maximum atomic E-state index is 12.7. The Morgan fingerprint density at radius 3 is 2.83 bits per heavy atom. The molecule has 4 fully saturated rings. The van der Waals surface area contributed by atoms with Gasteiger partial charge >= 0.3 is 0 Å². The van der Waals surface area contributed by atoms with Crippen LogP contribution < -0.4 is 0 Å². The average molecular weight is 316 g/mol. The van der Waals surface area contributed by atoms with Gasteiger partial charge in [0.15, 0.2) is 0 Å². The third-order valence-corrected chi connectivity index (χ3v) is 5.89. The molecule has 1 aromatic heterocycles. The van der Waals surface area contributed by atoms with Gasteiger partial charge in [-0.25, -0.2) is 0 Å². The van der Waals surface area contributed by atoms with Crippen molar-refractivity contribution in [1.29, 1.82) is 0 Å². The Hall–Kier alpha value is -1.36. The van der Waals surface area contributed by atoms with Crippen molar-refractivity contribution in [2.45, 2.75) is 44.6 Å². The Labute approximate surface area is 138 Å². The number of carbonyl (C=O) groups excluding carboxylic acids is 1. The van der Waals surface area contributed by atoms with E-state index >= 15 is 0 Å². The number of carbonyl (C=O) groups is 1. The monoisotopic (exact) mass is 316 g/mol. The molecule has 1 aliphatic carbocycles. The second-order valence-electron chi connectivity index (χ2n) is 7.74. The highest BCUT2D eigenvalue weighted by Crippen LogP contribution is 2.34. The van der Waals surface area contributed by atoms with E-state index in [2.05, 4.69) is 14.9 Å². The van der Waals surface area contributed by atoms with Crippen LogP contribution in [0.2, 0.25) is 0 Å². The number of hydrogen-bond donors (Lipinski definition) is 0. The number of amides is 1. The fraction of sp³-hybridized carbons (Fsp3) is 0.778. The van der Waals surface area contributed by atoms with Gasteiger partial charge in [-0.3, -0.25) is 14.4 Å². The van der Waals surface area contributed by atoms with Gasteiger partial charge in [-0.2, -0.15) is 5.10 Å². The first-order valence-corrected chi connectivity index (χ1v) is 9.17. The predicted octanol–water partition coefficient (Wildman–Crippen LogP) is 1.69. The van der Waals surface area contributed by atoms with Crippen LogP contribution in [0.15, 0.2) is 12.3 Å². The molecule has 0 aromatic carbocycles. The molecular weight excluding hydrogens is 288 g/mol. The Kier molecular flexibility index (Phi) is 4.14. The maximum absolute atomic E-state index is 12.7. The number of aryl methyl sites for hydroxylation is 2. The minimum atomic E-state index is 0.330. The lowest BCUT2D eigenvalue weighted by molar-refractivity contribution is -0.131. The van der Waals surface area contributed by atoms with Crippen molar-refractivity contribution >= 4 is 5.91 Å². The molecule has 3 saturated heterocycles. The van der Waals surface area contributed by atoms with E-state index in [-0.39, 0.29) is 0 Å². The minimum absolute atomic E-state index is 0.330. The van der Waals surface area contributed by atoms with Crippen LogP contribution in [0.25, 0.3) is 0 Å². The van der Waals surface area contributed by atoms with Crippen molar-refractivity contribution in [3.63, 3.8) is 0 Å². The number of hydrogen-bond acceptors (Lipinski definition) is 3. The Bertz CT molecular complexity index is 565. The summed E-state index contributed by atoms with van der Waals surface area (Å²) >= 11 is 0. The first kappa shape index (κ1) is 15.2. The Morgan fingerprint density at radius 1 is 1.22 bits per heavy atom. The number of aromatic nitrogens is 2. The zero-order chi connectivity index (χ0) is 15.8. The van der Waals surface area contributed by atoms with Crippen LogP contribution in [-0.2, 0) is 18.3 Å². The zero-order valence-corrected chi connectivity index (χ0v) is 14.2. The number of rotatable bonds is 5. The molecule has 5 nitrogen and oxygen atoms in total. The first-order chi connectivity index (χ1) is 11.2. The second-order valence-corrected chi connectivity index (χ2v) is 7.74. The summed E-state index contributed by atoms with van der Waals surface area (Å²) in [6.45, 7) is 4.42. The van der Waals surface area contributed by atoms with E-state index < -0.39 is 0 Å². The van der Waals surface area contributed by atoms with E-state index in [0.717, 1.165) is 31.1 Å². The van der Waals surface area contributed by atoms with Crippen LogP contribution in [0.5, 0.6) is 0 Å². The normalized spacial score (nSPS) is 28.1. The third kappa shape index (κ3) is 3.44. The summed E-state index contributed by atoms with van der Waals surface area (Å²) in [6, 6.07) is 2.62. The molecule has 0 unspecified atom stereocenters. The summed E-state index contributed by atoms with van der Waals surface area (Å²) in [5.41, 5.74) is 1.14. The predicted molar refractivity (Wildman–Crippen MR) is 88.9 cm³/mol. The molecule has 1 amide bonds. The van der Waals surface area contributed by atoms with Crippen LogP contribution in [0, 0.1) is 11.8 Å². The second kappa shape index (κ2) is 6.27. The van der Waals surface area contributed by atoms with Crippen molar-refractivity contribution in [2.24, 2.45) is 18.9 Å². The van der Waals surface area contributed by atoms with Gasteiger partial charge in [0.05, 0.1) is 0 Å². The Balaban J connectivity index is 1.35. The van der Waals surface area contributed by atoms with Gasteiger partial charge in [0.25, 0.3) is 0 Å². The van der Waals surface area contributed by atoms with Crippen molar-refractivity contribution < 1.29 is 4.79 Å². The quantitative estimate of drug-likeness (QED) is 0.830. The van der Waals surface area contributed by atoms with Gasteiger partial charge < -0.3 is 4.90 Å². The van der Waals surface area contributed by atoms with Crippen LogP contribution in [0.1, 0.15) is 37.8 Å². The molecule has 2 bridgehead atoms. The highest BCUT2D eigenvalue weighted by atomic mass is 16.2. The molecule has 4 heterocycles. The van der Waals surface area contributed by atoms with Crippen molar-refractivity contribution in [3.8, 4) is 0 Å². The van der Waals surface area contributed by atoms with E-state index in [1.165, 1.54) is 38.8 Å². The maximum Gasteiger partial charge on any atom is 0.223 e. The largest absolute Gasteiger partial charge is 0.341 e. The van der Waals surface area contributed by atoms with Crippen LogP contribution in [0.4, 0.5) is 0 Å². The summed E-state index contributed by atoms with van der Waals surface area (Å²) in [7, 11) is 1.95. The lowest BCUT2D eigenvalue weighted by Crippen LogP contribution is -2.45. The third-order valence-electron chi connectivity index (χ3n) is 5.89. The molecule has 5 heteroatoms. The molecular formula is C18H28N4O. The van der Waals surface area contributed by atoms with Gasteiger partial charge in [-0.15, -0.1) is 0 Å². The standard InChI is InChI=1S/C18H28N4O/c1-20-16(8-9-19-20)6-7-18(23)22-12-15-4-5-17(13-22)21(11-15)10-14-2-3-14/h8-9,14-15,17H,2-7,10-13H2,1H3/t15-,17-/m1/s1. The van der Waals surface area contributed by atoms with E-state index in [1.807, 2.05) is 24.0 Å². The highest BCUT2D eigenvalue weighted by Gasteiger charge is 2.38. The summed E-state index contributed by atoms with van der Waals surface area (Å²) in [5.74, 6) is 1.97. The van der Waals surface area contributed by atoms with Gasteiger partial charge in [-0.1, -0.05) is 0 Å². The summed E-state index contributed by atoms with van der Waals surface area (Å²) in [6.07, 6.45) is 8.64. The number of fused-ring (bicyclic) bond motifs is 4. The molecule has 4 aliphatic rings. The summed E-state index contributed by atoms with van der Waals surface area (Å²) < 4.78 is 1.87. The van der Waals surface area contributed by atoms with Crippen LogP contribution >= 0.6 is 0 Å². The van der Waals surface area contributed by atoms with Crippen molar-refractivity contribution in [1.82, 2.24) is 19.6 Å². The van der Waals surface area contributed by atoms with Gasteiger partial charge in [-0.05, 0) is 50.0 Å². The van der Waals surface area contributed by atoms with E-state index in [1.54, 1.807) is 0 Å². The molecule has 3 aliphatic heterocycles. The molecule has 0 radical (unpaired) electrons. The Morgan fingerprint density at radius 2 is 2.09 bits per heavy atom. The SMILES string of the molecule is Cn1nccc1CCC(=O)N1C[C@@H]2CC[C@H](C1)N(CC1CC1)C2. The van der Waals surface area contributed by atoms with Crippen LogP contribution in [0.3, 0.4) is 0 Å². The van der Waals surface area contributed by atoms with Crippen molar-refractivity contribution in [3.05, 3.63) is 18.0 Å². The molecule has 0 spiro atoms. The minimum Gasteiger partial charge on any atom is -0.341 e. The van der Waals surface area contributed by atoms with Gasteiger partial charge in [0, 0.05) is 57.6 Å². The molecule has 1 aromatic rings. The zero-order valence-electron chi connectivity index (χ0n) is 14.2. The number of nitrogens with zero attached hydrogens (tertiary/aromatic N) is 4. The molecule has 1 saturated carbocycles. The molecule has 0 N–H and O–H groups in total.